The molecule has 0 heterocycles. The number of benzene rings is 2. The Bertz CT molecular complexity index is 647. The second-order valence-electron chi connectivity index (χ2n) is 4.51. The molecular weight excluding hydrogens is 336 g/mol. The minimum Gasteiger partial charge on any atom is -0.488 e. The molecule has 2 rings (SSSR count). The number of non-ortho nitro benzene ring substituents is 1. The van der Waals surface area contributed by atoms with E-state index >= 15 is 0 Å². The highest BCUT2D eigenvalue weighted by molar-refractivity contribution is 9.10. The molecule has 0 bridgehead atoms. The van der Waals surface area contributed by atoms with Gasteiger partial charge in [-0.1, -0.05) is 18.2 Å². The molecule has 110 valence electrons. The van der Waals surface area contributed by atoms with Crippen molar-refractivity contribution in [3.8, 4) is 5.75 Å². The Kier molecular flexibility index (Phi) is 5.30. The predicted molar refractivity (Wildman–Crippen MR) is 84.3 cm³/mol. The molecule has 2 aromatic rings. The van der Waals surface area contributed by atoms with Gasteiger partial charge in [-0.25, -0.2) is 0 Å². The third kappa shape index (κ3) is 4.27. The number of ether oxygens (including phenoxy) is 1. The highest BCUT2D eigenvalue weighted by atomic mass is 79.9. The van der Waals surface area contributed by atoms with E-state index in [0.29, 0.717) is 5.75 Å². The zero-order chi connectivity index (χ0) is 15.2. The monoisotopic (exact) mass is 350 g/mol. The molecule has 0 amide bonds. The van der Waals surface area contributed by atoms with Gasteiger partial charge in [0.2, 0.25) is 0 Å². The van der Waals surface area contributed by atoms with E-state index in [9.17, 15) is 10.1 Å². The lowest BCUT2D eigenvalue weighted by atomic mass is 10.2. The summed E-state index contributed by atoms with van der Waals surface area (Å²) >= 11 is 3.47. The molecule has 21 heavy (non-hydrogen) atoms. The number of nitrogens with zero attached hydrogens (tertiary/aromatic N) is 1. The van der Waals surface area contributed by atoms with Crippen LogP contribution >= 0.6 is 15.9 Å². The Morgan fingerprint density at radius 3 is 2.71 bits per heavy atom. The second kappa shape index (κ2) is 7.19. The summed E-state index contributed by atoms with van der Waals surface area (Å²) in [5.74, 6) is 0.710. The van der Waals surface area contributed by atoms with Crippen LogP contribution in [0.2, 0.25) is 0 Å². The molecule has 0 aromatic heterocycles. The Balaban J connectivity index is 2.06. The van der Waals surface area contributed by atoms with Gasteiger partial charge in [-0.3, -0.25) is 10.1 Å². The number of halogens is 1. The van der Waals surface area contributed by atoms with Gasteiger partial charge in [0.1, 0.15) is 12.4 Å². The molecule has 5 nitrogen and oxygen atoms in total. The standard InChI is InChI=1S/C15H15BrN2O3/c1-17-9-11-5-6-15(14(16)8-11)21-10-12-3-2-4-13(7-12)18(19)20/h2-8,17H,9-10H2,1H3. The van der Waals surface area contributed by atoms with Crippen molar-refractivity contribution < 1.29 is 9.66 Å². The fourth-order valence-corrected chi connectivity index (χ4v) is 2.44. The lowest BCUT2D eigenvalue weighted by molar-refractivity contribution is -0.384. The van der Waals surface area contributed by atoms with Crippen LogP contribution in [-0.4, -0.2) is 12.0 Å². The lowest BCUT2D eigenvalue weighted by Gasteiger charge is -2.10. The molecule has 6 heteroatoms. The van der Waals surface area contributed by atoms with Crippen molar-refractivity contribution in [1.82, 2.24) is 5.32 Å². The average Bonchev–Trinajstić information content (AvgIpc) is 2.47. The molecule has 0 saturated heterocycles. The van der Waals surface area contributed by atoms with Crippen molar-refractivity contribution >= 4 is 21.6 Å². The minimum absolute atomic E-state index is 0.0690. The Morgan fingerprint density at radius 1 is 1.24 bits per heavy atom. The molecule has 0 radical (unpaired) electrons. The molecule has 0 unspecified atom stereocenters. The lowest BCUT2D eigenvalue weighted by Crippen LogP contribution is -2.05. The fraction of sp³-hybridized carbons (Fsp3) is 0.200. The van der Waals surface area contributed by atoms with Gasteiger partial charge in [0, 0.05) is 18.7 Å². The summed E-state index contributed by atoms with van der Waals surface area (Å²) in [6.07, 6.45) is 0. The van der Waals surface area contributed by atoms with Gasteiger partial charge >= 0.3 is 0 Å². The molecule has 0 saturated carbocycles. The van der Waals surface area contributed by atoms with Crippen LogP contribution in [0.15, 0.2) is 46.9 Å². The first kappa shape index (κ1) is 15.5. The normalized spacial score (nSPS) is 10.4. The number of hydrogen-bond donors (Lipinski definition) is 1. The number of nitrogens with one attached hydrogen (secondary N) is 1. The summed E-state index contributed by atoms with van der Waals surface area (Å²) in [4.78, 5) is 10.3. The smallest absolute Gasteiger partial charge is 0.269 e. The van der Waals surface area contributed by atoms with Gasteiger partial charge in [0.05, 0.1) is 9.40 Å². The van der Waals surface area contributed by atoms with E-state index in [1.54, 1.807) is 12.1 Å². The maximum Gasteiger partial charge on any atom is 0.269 e. The summed E-state index contributed by atoms with van der Waals surface area (Å²) in [5, 5.41) is 13.8. The SMILES string of the molecule is CNCc1ccc(OCc2cccc([N+](=O)[O-])c2)c(Br)c1. The number of hydrogen-bond acceptors (Lipinski definition) is 4. The maximum absolute atomic E-state index is 10.7. The van der Waals surface area contributed by atoms with Crippen LogP contribution in [0.5, 0.6) is 5.75 Å². The summed E-state index contributed by atoms with van der Waals surface area (Å²) in [5.41, 5.74) is 1.97. The van der Waals surface area contributed by atoms with Crippen LogP contribution in [0.1, 0.15) is 11.1 Å². The van der Waals surface area contributed by atoms with Crippen LogP contribution < -0.4 is 10.1 Å². The van der Waals surface area contributed by atoms with Crippen molar-refractivity contribution in [3.63, 3.8) is 0 Å². The van der Waals surface area contributed by atoms with E-state index in [1.165, 1.54) is 12.1 Å². The summed E-state index contributed by atoms with van der Waals surface area (Å²) < 4.78 is 6.56. The van der Waals surface area contributed by atoms with Crippen LogP contribution in [0, 0.1) is 10.1 Å². The third-order valence-corrected chi connectivity index (χ3v) is 3.51. The Morgan fingerprint density at radius 2 is 2.05 bits per heavy atom. The minimum atomic E-state index is -0.411. The molecule has 0 spiro atoms. The van der Waals surface area contributed by atoms with Crippen molar-refractivity contribution in [3.05, 3.63) is 68.2 Å². The highest BCUT2D eigenvalue weighted by Gasteiger charge is 2.07. The van der Waals surface area contributed by atoms with Crippen LogP contribution in [0.3, 0.4) is 0 Å². The largest absolute Gasteiger partial charge is 0.488 e. The van der Waals surface area contributed by atoms with E-state index in [2.05, 4.69) is 21.2 Å². The summed E-state index contributed by atoms with van der Waals surface area (Å²) in [7, 11) is 1.89. The topological polar surface area (TPSA) is 64.4 Å². The first-order valence-electron chi connectivity index (χ1n) is 6.39. The first-order chi connectivity index (χ1) is 10.1. The van der Waals surface area contributed by atoms with E-state index in [-0.39, 0.29) is 12.3 Å². The van der Waals surface area contributed by atoms with Crippen molar-refractivity contribution in [2.45, 2.75) is 13.2 Å². The van der Waals surface area contributed by atoms with Crippen LogP contribution in [0.4, 0.5) is 5.69 Å². The third-order valence-electron chi connectivity index (χ3n) is 2.89. The molecule has 0 aliphatic rings. The Hall–Kier alpha value is -1.92. The van der Waals surface area contributed by atoms with E-state index in [1.807, 2.05) is 25.2 Å². The van der Waals surface area contributed by atoms with Gasteiger partial charge in [-0.05, 0) is 46.2 Å². The van der Waals surface area contributed by atoms with Gasteiger partial charge in [0.15, 0.2) is 0 Å². The average molecular weight is 351 g/mol. The number of nitro benzene ring substituents is 1. The number of rotatable bonds is 6. The number of nitro groups is 1. The maximum atomic E-state index is 10.7. The van der Waals surface area contributed by atoms with Crippen LogP contribution in [0.25, 0.3) is 0 Å². The van der Waals surface area contributed by atoms with E-state index in [0.717, 1.165) is 22.1 Å². The Labute approximate surface area is 131 Å². The van der Waals surface area contributed by atoms with Gasteiger partial charge in [-0.2, -0.15) is 0 Å². The van der Waals surface area contributed by atoms with Gasteiger partial charge in [0.25, 0.3) is 5.69 Å². The molecule has 0 aliphatic heterocycles. The molecule has 0 fully saturated rings. The van der Waals surface area contributed by atoms with Crippen LogP contribution in [-0.2, 0) is 13.2 Å². The fourth-order valence-electron chi connectivity index (χ4n) is 1.90. The molecular formula is C15H15BrN2O3. The molecule has 2 aromatic carbocycles. The summed E-state index contributed by atoms with van der Waals surface area (Å²) in [6, 6.07) is 12.3. The molecule has 0 atom stereocenters. The highest BCUT2D eigenvalue weighted by Crippen LogP contribution is 2.27. The van der Waals surface area contributed by atoms with Crippen molar-refractivity contribution in [2.24, 2.45) is 0 Å². The predicted octanol–water partition coefficient (Wildman–Crippen LogP) is 3.66. The molecule has 1 N–H and O–H groups in total. The zero-order valence-corrected chi connectivity index (χ0v) is 13.1. The first-order valence-corrected chi connectivity index (χ1v) is 7.18. The quantitative estimate of drug-likeness (QED) is 0.637. The van der Waals surface area contributed by atoms with E-state index < -0.39 is 4.92 Å². The molecule has 0 aliphatic carbocycles. The second-order valence-corrected chi connectivity index (χ2v) is 5.37. The van der Waals surface area contributed by atoms with Crippen molar-refractivity contribution in [2.75, 3.05) is 7.05 Å². The summed E-state index contributed by atoms with van der Waals surface area (Å²) in [6.45, 7) is 1.06. The zero-order valence-electron chi connectivity index (χ0n) is 11.5. The van der Waals surface area contributed by atoms with Crippen molar-refractivity contribution in [1.29, 1.82) is 0 Å². The van der Waals surface area contributed by atoms with Gasteiger partial charge in [-0.15, -0.1) is 0 Å². The van der Waals surface area contributed by atoms with Gasteiger partial charge < -0.3 is 10.1 Å². The van der Waals surface area contributed by atoms with E-state index in [4.69, 9.17) is 4.74 Å².